The van der Waals surface area contributed by atoms with E-state index in [2.05, 4.69) is 15.5 Å². The molecule has 1 aliphatic rings. The molecular weight excluding hydrogens is 363 g/mol. The lowest BCUT2D eigenvalue weighted by molar-refractivity contribution is 0.172. The minimum absolute atomic E-state index is 0.0749. The van der Waals surface area contributed by atoms with Crippen LogP contribution < -0.4 is 5.32 Å². The van der Waals surface area contributed by atoms with Crippen molar-refractivity contribution in [3.05, 3.63) is 45.5 Å². The summed E-state index contributed by atoms with van der Waals surface area (Å²) in [5.41, 5.74) is 0.996. The van der Waals surface area contributed by atoms with Crippen molar-refractivity contribution in [1.29, 1.82) is 0 Å². The standard InChI is InChI=1S/C17H20Cl2N4O2/c1-11-21-16(25-22-11)13-3-2-6-23(10-13)17(24)20-5-4-12-7-14(18)9-15(19)8-12/h7-9,13H,2-6,10H2,1H3,(H,20,24)/t13-/m0/s1. The number of carbonyl (C=O) groups is 1. The van der Waals surface area contributed by atoms with Gasteiger partial charge in [-0.05, 0) is 49.9 Å². The van der Waals surface area contributed by atoms with E-state index in [0.29, 0.717) is 41.3 Å². The Morgan fingerprint density at radius 2 is 2.12 bits per heavy atom. The zero-order valence-corrected chi connectivity index (χ0v) is 15.5. The number of amides is 2. The second kappa shape index (κ2) is 8.06. The summed E-state index contributed by atoms with van der Waals surface area (Å²) >= 11 is 12.0. The third-order valence-corrected chi connectivity index (χ3v) is 4.65. The van der Waals surface area contributed by atoms with E-state index < -0.39 is 0 Å². The van der Waals surface area contributed by atoms with Gasteiger partial charge in [-0.15, -0.1) is 0 Å². The Hall–Kier alpha value is -1.79. The van der Waals surface area contributed by atoms with Crippen LogP contribution in [0.15, 0.2) is 22.7 Å². The molecule has 1 atom stereocenters. The molecule has 0 unspecified atom stereocenters. The summed E-state index contributed by atoms with van der Waals surface area (Å²) in [6, 6.07) is 5.33. The Kier molecular flexibility index (Phi) is 5.81. The van der Waals surface area contributed by atoms with E-state index in [1.54, 1.807) is 17.9 Å². The maximum absolute atomic E-state index is 12.4. The predicted molar refractivity (Wildman–Crippen MR) is 96.1 cm³/mol. The van der Waals surface area contributed by atoms with E-state index in [1.807, 2.05) is 12.1 Å². The van der Waals surface area contributed by atoms with E-state index in [9.17, 15) is 4.79 Å². The van der Waals surface area contributed by atoms with Crippen LogP contribution in [0.3, 0.4) is 0 Å². The van der Waals surface area contributed by atoms with Crippen molar-refractivity contribution in [3.8, 4) is 0 Å². The minimum Gasteiger partial charge on any atom is -0.339 e. The van der Waals surface area contributed by atoms with Crippen LogP contribution in [0.4, 0.5) is 4.79 Å². The Balaban J connectivity index is 1.50. The predicted octanol–water partition coefficient (Wildman–Crippen LogP) is 3.82. The number of hydrogen-bond acceptors (Lipinski definition) is 4. The molecule has 1 N–H and O–H groups in total. The third-order valence-electron chi connectivity index (χ3n) is 4.21. The highest BCUT2D eigenvalue weighted by molar-refractivity contribution is 6.34. The van der Waals surface area contributed by atoms with E-state index in [-0.39, 0.29) is 11.9 Å². The van der Waals surface area contributed by atoms with Gasteiger partial charge in [0.05, 0.1) is 5.92 Å². The largest absolute Gasteiger partial charge is 0.339 e. The summed E-state index contributed by atoms with van der Waals surface area (Å²) in [6.07, 6.45) is 2.54. The van der Waals surface area contributed by atoms with Gasteiger partial charge in [0.25, 0.3) is 0 Å². The van der Waals surface area contributed by atoms with Crippen LogP contribution in [0, 0.1) is 6.92 Å². The molecule has 3 rings (SSSR count). The fourth-order valence-electron chi connectivity index (χ4n) is 3.02. The van der Waals surface area contributed by atoms with Crippen LogP contribution in [0.2, 0.25) is 10.0 Å². The Morgan fingerprint density at radius 1 is 1.36 bits per heavy atom. The van der Waals surface area contributed by atoms with Crippen LogP contribution >= 0.6 is 23.2 Å². The number of carbonyl (C=O) groups excluding carboxylic acids is 1. The van der Waals surface area contributed by atoms with Gasteiger partial charge in [0.1, 0.15) is 0 Å². The first-order valence-electron chi connectivity index (χ1n) is 8.29. The lowest BCUT2D eigenvalue weighted by Gasteiger charge is -2.31. The second-order valence-corrected chi connectivity index (χ2v) is 7.10. The molecule has 0 radical (unpaired) electrons. The molecule has 2 heterocycles. The molecule has 0 aliphatic carbocycles. The lowest BCUT2D eigenvalue weighted by Crippen LogP contribution is -2.45. The molecule has 1 aromatic carbocycles. The number of rotatable bonds is 4. The van der Waals surface area contributed by atoms with Crippen molar-refractivity contribution in [3.63, 3.8) is 0 Å². The molecule has 2 aromatic rings. The number of halogens is 2. The third kappa shape index (κ3) is 4.86. The number of nitrogens with zero attached hydrogens (tertiary/aromatic N) is 3. The van der Waals surface area contributed by atoms with Crippen molar-refractivity contribution >= 4 is 29.2 Å². The molecule has 0 spiro atoms. The van der Waals surface area contributed by atoms with Crippen molar-refractivity contribution in [2.45, 2.75) is 32.1 Å². The minimum atomic E-state index is -0.0749. The quantitative estimate of drug-likeness (QED) is 0.872. The number of urea groups is 1. The molecule has 8 heteroatoms. The highest BCUT2D eigenvalue weighted by atomic mass is 35.5. The van der Waals surface area contributed by atoms with Gasteiger partial charge in [-0.1, -0.05) is 28.4 Å². The molecule has 25 heavy (non-hydrogen) atoms. The van der Waals surface area contributed by atoms with Crippen LogP contribution in [0.25, 0.3) is 0 Å². The SMILES string of the molecule is Cc1noc([C@H]2CCCN(C(=O)NCCc3cc(Cl)cc(Cl)c3)C2)n1. The Morgan fingerprint density at radius 3 is 2.80 bits per heavy atom. The maximum atomic E-state index is 12.4. The zero-order chi connectivity index (χ0) is 17.8. The fourth-order valence-corrected chi connectivity index (χ4v) is 3.59. The smallest absolute Gasteiger partial charge is 0.317 e. The Labute approximate surface area is 156 Å². The van der Waals surface area contributed by atoms with E-state index in [1.165, 1.54) is 0 Å². The summed E-state index contributed by atoms with van der Waals surface area (Å²) in [5, 5.41) is 7.98. The van der Waals surface area contributed by atoms with Gasteiger partial charge in [0.15, 0.2) is 5.82 Å². The summed E-state index contributed by atoms with van der Waals surface area (Å²) in [7, 11) is 0. The topological polar surface area (TPSA) is 71.3 Å². The molecule has 0 saturated carbocycles. The maximum Gasteiger partial charge on any atom is 0.317 e. The van der Waals surface area contributed by atoms with Crippen LogP contribution in [0.1, 0.15) is 36.0 Å². The average Bonchev–Trinajstić information content (AvgIpc) is 3.00. The van der Waals surface area contributed by atoms with Crippen LogP contribution in [-0.4, -0.2) is 40.7 Å². The fraction of sp³-hybridized carbons (Fsp3) is 0.471. The van der Waals surface area contributed by atoms with Crippen LogP contribution in [-0.2, 0) is 6.42 Å². The van der Waals surface area contributed by atoms with Gasteiger partial charge in [-0.2, -0.15) is 4.98 Å². The number of aryl methyl sites for hydroxylation is 1. The highest BCUT2D eigenvalue weighted by Gasteiger charge is 2.28. The molecule has 0 bridgehead atoms. The first-order chi connectivity index (χ1) is 12.0. The molecule has 1 aliphatic heterocycles. The molecule has 1 aromatic heterocycles. The normalized spacial score (nSPS) is 17.6. The summed E-state index contributed by atoms with van der Waals surface area (Å²) in [4.78, 5) is 18.5. The van der Waals surface area contributed by atoms with Crippen molar-refractivity contribution < 1.29 is 9.32 Å². The molecule has 1 fully saturated rings. The van der Waals surface area contributed by atoms with Crippen molar-refractivity contribution in [2.75, 3.05) is 19.6 Å². The number of likely N-dealkylation sites (tertiary alicyclic amines) is 1. The number of nitrogens with one attached hydrogen (secondary N) is 1. The first kappa shape index (κ1) is 18.0. The summed E-state index contributed by atoms with van der Waals surface area (Å²) in [5.74, 6) is 1.34. The molecule has 134 valence electrons. The van der Waals surface area contributed by atoms with Crippen molar-refractivity contribution in [1.82, 2.24) is 20.4 Å². The zero-order valence-electron chi connectivity index (χ0n) is 14.0. The van der Waals surface area contributed by atoms with E-state index in [0.717, 1.165) is 24.9 Å². The molecule has 6 nitrogen and oxygen atoms in total. The number of benzene rings is 1. The van der Waals surface area contributed by atoms with Gasteiger partial charge in [0, 0.05) is 29.7 Å². The first-order valence-corrected chi connectivity index (χ1v) is 9.05. The van der Waals surface area contributed by atoms with Gasteiger partial charge in [0.2, 0.25) is 5.89 Å². The van der Waals surface area contributed by atoms with Gasteiger partial charge >= 0.3 is 6.03 Å². The average molecular weight is 383 g/mol. The monoisotopic (exact) mass is 382 g/mol. The van der Waals surface area contributed by atoms with Crippen LogP contribution in [0.5, 0.6) is 0 Å². The number of piperidine rings is 1. The van der Waals surface area contributed by atoms with Gasteiger partial charge in [-0.25, -0.2) is 4.79 Å². The summed E-state index contributed by atoms with van der Waals surface area (Å²) in [6.45, 7) is 3.65. The lowest BCUT2D eigenvalue weighted by atomic mass is 9.98. The number of aromatic nitrogens is 2. The highest BCUT2D eigenvalue weighted by Crippen LogP contribution is 2.25. The molecule has 1 saturated heterocycles. The Bertz CT molecular complexity index is 730. The molecular formula is C17H20Cl2N4O2. The second-order valence-electron chi connectivity index (χ2n) is 6.22. The summed E-state index contributed by atoms with van der Waals surface area (Å²) < 4.78 is 5.25. The van der Waals surface area contributed by atoms with E-state index in [4.69, 9.17) is 27.7 Å². The van der Waals surface area contributed by atoms with E-state index >= 15 is 0 Å². The van der Waals surface area contributed by atoms with Gasteiger partial charge in [-0.3, -0.25) is 0 Å². The number of hydrogen-bond donors (Lipinski definition) is 1. The van der Waals surface area contributed by atoms with Crippen molar-refractivity contribution in [2.24, 2.45) is 0 Å². The van der Waals surface area contributed by atoms with Gasteiger partial charge < -0.3 is 14.7 Å². The molecule has 2 amide bonds.